The van der Waals surface area contributed by atoms with Gasteiger partial charge < -0.3 is 4.57 Å². The fraction of sp³-hybridized carbons (Fsp3) is 0.529. The van der Waals surface area contributed by atoms with Crippen LogP contribution in [-0.2, 0) is 11.0 Å². The fourth-order valence-corrected chi connectivity index (χ4v) is 2.52. The van der Waals surface area contributed by atoms with Crippen molar-refractivity contribution in [2.75, 3.05) is 0 Å². The average molecular weight is 243 g/mol. The molecule has 1 heteroatoms. The predicted molar refractivity (Wildman–Crippen MR) is 80.3 cm³/mol. The minimum absolute atomic E-state index is 0.158. The van der Waals surface area contributed by atoms with Crippen molar-refractivity contribution in [1.29, 1.82) is 0 Å². The summed E-state index contributed by atoms with van der Waals surface area (Å²) in [5.41, 5.74) is 3.11. The number of fused-ring (bicyclic) bond motifs is 1. The van der Waals surface area contributed by atoms with Crippen LogP contribution in [0.25, 0.3) is 10.9 Å². The summed E-state index contributed by atoms with van der Waals surface area (Å²) in [6.07, 6.45) is 1.13. The maximum atomic E-state index is 2.53. The molecule has 18 heavy (non-hydrogen) atoms. The van der Waals surface area contributed by atoms with Crippen LogP contribution < -0.4 is 0 Å². The molecule has 0 N–H and O–H groups in total. The van der Waals surface area contributed by atoms with Gasteiger partial charge in [0.25, 0.3) is 0 Å². The first-order valence-electron chi connectivity index (χ1n) is 6.89. The molecule has 2 rings (SSSR count). The van der Waals surface area contributed by atoms with E-state index >= 15 is 0 Å². The topological polar surface area (TPSA) is 4.93 Å². The van der Waals surface area contributed by atoms with Gasteiger partial charge in [-0.3, -0.25) is 0 Å². The molecule has 0 unspecified atom stereocenters. The Morgan fingerprint density at radius 2 is 1.61 bits per heavy atom. The van der Waals surface area contributed by atoms with Gasteiger partial charge in [0.2, 0.25) is 0 Å². The highest BCUT2D eigenvalue weighted by Crippen LogP contribution is 2.35. The third-order valence-corrected chi connectivity index (χ3v) is 3.95. The van der Waals surface area contributed by atoms with Crippen LogP contribution in [0.4, 0.5) is 0 Å². The minimum Gasteiger partial charge on any atom is -0.339 e. The molecule has 0 spiro atoms. The van der Waals surface area contributed by atoms with Crippen molar-refractivity contribution in [3.8, 4) is 0 Å². The Kier molecular flexibility index (Phi) is 3.04. The number of benzene rings is 1. The second-order valence-electron chi connectivity index (χ2n) is 6.84. The molecular formula is C17H25N. The highest BCUT2D eigenvalue weighted by atomic mass is 15.1. The lowest BCUT2D eigenvalue weighted by Gasteiger charge is -2.33. The van der Waals surface area contributed by atoms with Gasteiger partial charge in [0, 0.05) is 22.2 Å². The van der Waals surface area contributed by atoms with Gasteiger partial charge in [0.1, 0.15) is 0 Å². The Labute approximate surface area is 111 Å². The van der Waals surface area contributed by atoms with Crippen molar-refractivity contribution in [3.05, 3.63) is 36.0 Å². The number of hydrogen-bond donors (Lipinski definition) is 0. The maximum absolute atomic E-state index is 2.53. The molecule has 0 aliphatic heterocycles. The lowest BCUT2D eigenvalue weighted by Crippen LogP contribution is -2.30. The molecule has 1 aromatic carbocycles. The van der Waals surface area contributed by atoms with Gasteiger partial charge in [-0.05, 0) is 37.8 Å². The maximum Gasteiger partial charge on any atom is 0.0487 e. The number of nitrogens with zero attached hydrogens (tertiary/aromatic N) is 1. The van der Waals surface area contributed by atoms with E-state index < -0.39 is 0 Å². The Bertz CT molecular complexity index is 552. The second-order valence-corrected chi connectivity index (χ2v) is 6.84. The highest BCUT2D eigenvalue weighted by Gasteiger charge is 2.28. The molecule has 0 bridgehead atoms. The number of para-hydroxylation sites is 1. The Balaban J connectivity index is 2.82. The van der Waals surface area contributed by atoms with E-state index in [1.165, 1.54) is 16.6 Å². The zero-order valence-corrected chi connectivity index (χ0v) is 12.5. The van der Waals surface area contributed by atoms with Crippen molar-refractivity contribution in [3.63, 3.8) is 0 Å². The van der Waals surface area contributed by atoms with E-state index in [4.69, 9.17) is 0 Å². The first-order chi connectivity index (χ1) is 8.27. The third kappa shape index (κ3) is 2.07. The van der Waals surface area contributed by atoms with Crippen LogP contribution in [0.15, 0.2) is 30.3 Å². The van der Waals surface area contributed by atoms with Crippen LogP contribution >= 0.6 is 0 Å². The molecule has 1 heterocycles. The van der Waals surface area contributed by atoms with Gasteiger partial charge in [-0.25, -0.2) is 0 Å². The third-order valence-electron chi connectivity index (χ3n) is 3.95. The Morgan fingerprint density at radius 1 is 1.00 bits per heavy atom. The quantitative estimate of drug-likeness (QED) is 0.693. The molecule has 0 fully saturated rings. The molecule has 0 saturated carbocycles. The van der Waals surface area contributed by atoms with Gasteiger partial charge in [-0.15, -0.1) is 0 Å². The summed E-state index contributed by atoms with van der Waals surface area (Å²) in [6, 6.07) is 11.1. The first-order valence-corrected chi connectivity index (χ1v) is 6.89. The summed E-state index contributed by atoms with van der Waals surface area (Å²) in [7, 11) is 0. The molecule has 0 saturated heterocycles. The van der Waals surface area contributed by atoms with Crippen LogP contribution in [0.3, 0.4) is 0 Å². The summed E-state index contributed by atoms with van der Waals surface area (Å²) in [5, 5.41) is 1.35. The van der Waals surface area contributed by atoms with Crippen LogP contribution in [-0.4, -0.2) is 4.57 Å². The summed E-state index contributed by atoms with van der Waals surface area (Å²) in [4.78, 5) is 0. The lowest BCUT2D eigenvalue weighted by molar-refractivity contribution is 0.326. The summed E-state index contributed by atoms with van der Waals surface area (Å²) in [5.74, 6) is 0. The van der Waals surface area contributed by atoms with E-state index in [2.05, 4.69) is 76.4 Å². The smallest absolute Gasteiger partial charge is 0.0487 e. The van der Waals surface area contributed by atoms with Crippen molar-refractivity contribution in [1.82, 2.24) is 4.57 Å². The largest absolute Gasteiger partial charge is 0.339 e. The molecule has 2 aromatic rings. The summed E-state index contributed by atoms with van der Waals surface area (Å²) < 4.78 is 2.53. The zero-order chi connectivity index (χ0) is 13.6. The van der Waals surface area contributed by atoms with Gasteiger partial charge >= 0.3 is 0 Å². The van der Waals surface area contributed by atoms with Crippen molar-refractivity contribution < 1.29 is 0 Å². The van der Waals surface area contributed by atoms with Crippen molar-refractivity contribution in [2.24, 2.45) is 0 Å². The van der Waals surface area contributed by atoms with Gasteiger partial charge in [-0.1, -0.05) is 45.9 Å². The SMILES string of the molecule is CCC(C)(C)n1c(C(C)(C)C)cc2ccccc21. The molecule has 0 radical (unpaired) electrons. The van der Waals surface area contributed by atoms with E-state index in [1.807, 2.05) is 0 Å². The van der Waals surface area contributed by atoms with E-state index in [0.717, 1.165) is 6.42 Å². The van der Waals surface area contributed by atoms with Crippen LogP contribution in [0.1, 0.15) is 53.7 Å². The van der Waals surface area contributed by atoms with Crippen molar-refractivity contribution in [2.45, 2.75) is 58.9 Å². The molecule has 98 valence electrons. The standard InChI is InChI=1S/C17H25N/c1-7-17(5,6)18-14-11-9-8-10-13(14)12-15(18)16(2,3)4/h8-12H,7H2,1-6H3. The van der Waals surface area contributed by atoms with E-state index in [1.54, 1.807) is 0 Å². The number of aromatic nitrogens is 1. The van der Waals surface area contributed by atoms with Crippen LogP contribution in [0.2, 0.25) is 0 Å². The minimum atomic E-state index is 0.158. The molecular weight excluding hydrogens is 218 g/mol. The number of hydrogen-bond acceptors (Lipinski definition) is 0. The number of rotatable bonds is 2. The van der Waals surface area contributed by atoms with Crippen LogP contribution in [0, 0.1) is 0 Å². The lowest BCUT2D eigenvalue weighted by atomic mass is 9.90. The molecule has 0 amide bonds. The molecule has 0 aliphatic rings. The normalized spacial score (nSPS) is 13.2. The highest BCUT2D eigenvalue weighted by molar-refractivity contribution is 5.82. The summed E-state index contributed by atoms with van der Waals surface area (Å²) >= 11 is 0. The molecule has 1 aromatic heterocycles. The predicted octanol–water partition coefficient (Wildman–Crippen LogP) is 5.08. The van der Waals surface area contributed by atoms with E-state index in [0.29, 0.717) is 0 Å². The Hall–Kier alpha value is -1.24. The molecule has 0 atom stereocenters. The van der Waals surface area contributed by atoms with E-state index in [9.17, 15) is 0 Å². The van der Waals surface area contributed by atoms with Gasteiger partial charge in [-0.2, -0.15) is 0 Å². The van der Waals surface area contributed by atoms with Crippen molar-refractivity contribution >= 4 is 10.9 Å². The second kappa shape index (κ2) is 4.15. The fourth-order valence-electron chi connectivity index (χ4n) is 2.52. The van der Waals surface area contributed by atoms with E-state index in [-0.39, 0.29) is 11.0 Å². The molecule has 0 aliphatic carbocycles. The monoisotopic (exact) mass is 243 g/mol. The van der Waals surface area contributed by atoms with Gasteiger partial charge in [0.05, 0.1) is 0 Å². The van der Waals surface area contributed by atoms with Gasteiger partial charge in [0.15, 0.2) is 0 Å². The Morgan fingerprint density at radius 3 is 2.17 bits per heavy atom. The zero-order valence-electron chi connectivity index (χ0n) is 12.5. The summed E-state index contributed by atoms with van der Waals surface area (Å²) in [6.45, 7) is 13.8. The first kappa shape index (κ1) is 13.2. The average Bonchev–Trinajstić information content (AvgIpc) is 2.68. The van der Waals surface area contributed by atoms with Crippen LogP contribution in [0.5, 0.6) is 0 Å². The molecule has 1 nitrogen and oxygen atoms in total.